The molecule has 3 aromatic carbocycles. The third-order valence-corrected chi connectivity index (χ3v) is 7.39. The number of rotatable bonds is 9. The van der Waals surface area contributed by atoms with Gasteiger partial charge in [0.1, 0.15) is 18.1 Å². The van der Waals surface area contributed by atoms with Crippen LogP contribution in [0.15, 0.2) is 72.8 Å². The Morgan fingerprint density at radius 1 is 1.00 bits per heavy atom. The largest absolute Gasteiger partial charge is 0.378 e. The van der Waals surface area contributed by atoms with Crippen molar-refractivity contribution in [1.82, 2.24) is 25.2 Å². The number of benzene rings is 3. The van der Waals surface area contributed by atoms with E-state index >= 15 is 0 Å². The van der Waals surface area contributed by atoms with Gasteiger partial charge in [0, 0.05) is 30.9 Å². The summed E-state index contributed by atoms with van der Waals surface area (Å²) in [5.41, 5.74) is 5.11. The first-order valence-corrected chi connectivity index (χ1v) is 14.6. The highest BCUT2D eigenvalue weighted by atomic mass is 16.5. The van der Waals surface area contributed by atoms with Crippen molar-refractivity contribution in [1.29, 1.82) is 0 Å². The molecule has 1 atom stereocenters. The third kappa shape index (κ3) is 7.15. The molecule has 0 radical (unpaired) electrons. The van der Waals surface area contributed by atoms with Crippen LogP contribution in [0.4, 0.5) is 5.69 Å². The topological polar surface area (TPSA) is 92.6 Å². The molecule has 1 aromatic heterocycles. The second-order valence-corrected chi connectivity index (χ2v) is 11.9. The van der Waals surface area contributed by atoms with E-state index in [0.717, 1.165) is 46.5 Å². The lowest BCUT2D eigenvalue weighted by molar-refractivity contribution is -0.142. The summed E-state index contributed by atoms with van der Waals surface area (Å²) in [4.78, 5) is 32.2. The maximum Gasteiger partial charge on any atom is 0.247 e. The SMILES string of the molecule is Cc1cccc(CCN(C(=O)Cn2nnc3ccccc32)C(C(=O)NC(C)(C)C)c2ccc(N3CCOCC3)cc2)c1. The lowest BCUT2D eigenvalue weighted by Gasteiger charge is -2.34. The summed E-state index contributed by atoms with van der Waals surface area (Å²) >= 11 is 0. The van der Waals surface area contributed by atoms with E-state index in [-0.39, 0.29) is 18.4 Å². The monoisotopic (exact) mass is 568 g/mol. The van der Waals surface area contributed by atoms with Gasteiger partial charge in [-0.1, -0.05) is 59.3 Å². The van der Waals surface area contributed by atoms with Crippen molar-refractivity contribution in [2.24, 2.45) is 0 Å². The summed E-state index contributed by atoms with van der Waals surface area (Å²) in [6, 6.07) is 23.0. The van der Waals surface area contributed by atoms with E-state index in [4.69, 9.17) is 4.74 Å². The Morgan fingerprint density at radius 2 is 1.74 bits per heavy atom. The highest BCUT2D eigenvalue weighted by Gasteiger charge is 2.33. The summed E-state index contributed by atoms with van der Waals surface area (Å²) in [7, 11) is 0. The molecule has 4 aromatic rings. The summed E-state index contributed by atoms with van der Waals surface area (Å²) in [6.45, 7) is 11.3. The van der Waals surface area contributed by atoms with E-state index in [1.807, 2.05) is 75.4 Å². The highest BCUT2D eigenvalue weighted by molar-refractivity contribution is 5.89. The van der Waals surface area contributed by atoms with Gasteiger partial charge in [-0.3, -0.25) is 9.59 Å². The number of aromatic nitrogens is 3. The van der Waals surface area contributed by atoms with Gasteiger partial charge >= 0.3 is 0 Å². The molecule has 1 fully saturated rings. The number of nitrogens with zero attached hydrogens (tertiary/aromatic N) is 5. The Bertz CT molecular complexity index is 1520. The molecule has 2 amide bonds. The molecule has 0 saturated carbocycles. The summed E-state index contributed by atoms with van der Waals surface area (Å²) in [5.74, 6) is -0.424. The number of ether oxygens (including phenoxy) is 1. The van der Waals surface area contributed by atoms with Crippen LogP contribution in [0.3, 0.4) is 0 Å². The predicted octanol–water partition coefficient (Wildman–Crippen LogP) is 4.30. The lowest BCUT2D eigenvalue weighted by Crippen LogP contribution is -2.50. The third-order valence-electron chi connectivity index (χ3n) is 7.39. The lowest BCUT2D eigenvalue weighted by atomic mass is 10.00. The molecule has 1 unspecified atom stereocenters. The Balaban J connectivity index is 1.50. The molecule has 0 bridgehead atoms. The molecule has 2 heterocycles. The van der Waals surface area contributed by atoms with E-state index in [1.54, 1.807) is 9.58 Å². The Morgan fingerprint density at radius 3 is 2.45 bits per heavy atom. The van der Waals surface area contributed by atoms with Crippen LogP contribution in [0, 0.1) is 6.92 Å². The fourth-order valence-electron chi connectivity index (χ4n) is 5.37. The first kappa shape index (κ1) is 29.3. The number of aryl methyl sites for hydroxylation is 1. The van der Waals surface area contributed by atoms with Crippen molar-refractivity contribution in [2.75, 3.05) is 37.7 Å². The smallest absolute Gasteiger partial charge is 0.247 e. The summed E-state index contributed by atoms with van der Waals surface area (Å²) < 4.78 is 7.12. The van der Waals surface area contributed by atoms with Crippen molar-refractivity contribution in [3.63, 3.8) is 0 Å². The molecule has 9 heteroatoms. The standard InChI is InChI=1S/C33H40N6O3/c1-24-8-7-9-25(22-24)16-17-38(30(40)23-39-29-11-6-5-10-28(29)35-36-39)31(32(41)34-33(2,3)4)26-12-14-27(15-13-26)37-18-20-42-21-19-37/h5-15,22,31H,16-21,23H2,1-4H3,(H,34,41). The zero-order valence-electron chi connectivity index (χ0n) is 24.9. The number of anilines is 1. The first-order chi connectivity index (χ1) is 20.2. The normalized spacial score (nSPS) is 14.5. The number of hydrogen-bond acceptors (Lipinski definition) is 6. The molecular weight excluding hydrogens is 528 g/mol. The number of para-hydroxylation sites is 1. The maximum atomic E-state index is 14.2. The second-order valence-electron chi connectivity index (χ2n) is 11.9. The van der Waals surface area contributed by atoms with Crippen LogP contribution in [0.2, 0.25) is 0 Å². The van der Waals surface area contributed by atoms with Gasteiger partial charge in [0.25, 0.3) is 0 Å². The van der Waals surface area contributed by atoms with Crippen LogP contribution in [0.1, 0.15) is 43.5 Å². The molecule has 0 aliphatic carbocycles. The Kier molecular flexibility index (Phi) is 8.87. The quantitative estimate of drug-likeness (QED) is 0.324. The minimum Gasteiger partial charge on any atom is -0.378 e. The van der Waals surface area contributed by atoms with Crippen LogP contribution >= 0.6 is 0 Å². The average molecular weight is 569 g/mol. The van der Waals surface area contributed by atoms with Crippen molar-refractivity contribution in [2.45, 2.75) is 52.2 Å². The Hall–Kier alpha value is -4.24. The molecule has 1 aliphatic heterocycles. The number of nitrogens with one attached hydrogen (secondary N) is 1. The van der Waals surface area contributed by atoms with Gasteiger partial charge in [-0.2, -0.15) is 0 Å². The number of morpholine rings is 1. The average Bonchev–Trinajstić information content (AvgIpc) is 3.37. The van der Waals surface area contributed by atoms with E-state index in [9.17, 15) is 9.59 Å². The summed E-state index contributed by atoms with van der Waals surface area (Å²) in [6.07, 6.45) is 0.608. The van der Waals surface area contributed by atoms with Crippen molar-refractivity contribution < 1.29 is 14.3 Å². The molecule has 220 valence electrons. The van der Waals surface area contributed by atoms with Crippen LogP contribution in [-0.2, 0) is 27.3 Å². The molecular formula is C33H40N6O3. The van der Waals surface area contributed by atoms with Gasteiger partial charge in [-0.05, 0) is 69.5 Å². The number of carbonyl (C=O) groups excluding carboxylic acids is 2. The highest BCUT2D eigenvalue weighted by Crippen LogP contribution is 2.27. The number of carbonyl (C=O) groups is 2. The van der Waals surface area contributed by atoms with E-state index in [2.05, 4.69) is 45.7 Å². The minimum atomic E-state index is -0.824. The van der Waals surface area contributed by atoms with E-state index < -0.39 is 11.6 Å². The Labute approximate surface area is 247 Å². The molecule has 0 spiro atoms. The number of amides is 2. The minimum absolute atomic E-state index is 0.0283. The van der Waals surface area contributed by atoms with Gasteiger partial charge in [-0.25, -0.2) is 4.68 Å². The molecule has 1 aliphatic rings. The van der Waals surface area contributed by atoms with Crippen molar-refractivity contribution in [3.8, 4) is 0 Å². The molecule has 5 rings (SSSR count). The molecule has 42 heavy (non-hydrogen) atoms. The van der Waals surface area contributed by atoms with Gasteiger partial charge in [0.2, 0.25) is 11.8 Å². The molecule has 1 N–H and O–H groups in total. The van der Waals surface area contributed by atoms with E-state index in [1.165, 1.54) is 0 Å². The zero-order chi connectivity index (χ0) is 29.7. The van der Waals surface area contributed by atoms with Crippen LogP contribution < -0.4 is 10.2 Å². The second kappa shape index (κ2) is 12.7. The van der Waals surface area contributed by atoms with Crippen LogP contribution in [0.25, 0.3) is 11.0 Å². The van der Waals surface area contributed by atoms with Gasteiger partial charge < -0.3 is 19.9 Å². The van der Waals surface area contributed by atoms with Crippen LogP contribution in [0.5, 0.6) is 0 Å². The zero-order valence-corrected chi connectivity index (χ0v) is 24.9. The predicted molar refractivity (Wildman–Crippen MR) is 164 cm³/mol. The summed E-state index contributed by atoms with van der Waals surface area (Å²) in [5, 5.41) is 11.6. The van der Waals surface area contributed by atoms with Crippen LogP contribution in [-0.4, -0.2) is 70.1 Å². The van der Waals surface area contributed by atoms with E-state index in [0.29, 0.717) is 26.2 Å². The fraction of sp³-hybridized carbons (Fsp3) is 0.394. The van der Waals surface area contributed by atoms with Gasteiger partial charge in [0.05, 0.1) is 18.7 Å². The number of hydrogen-bond donors (Lipinski definition) is 1. The van der Waals surface area contributed by atoms with Gasteiger partial charge in [0.15, 0.2) is 0 Å². The van der Waals surface area contributed by atoms with Crippen molar-refractivity contribution >= 4 is 28.5 Å². The molecule has 1 saturated heterocycles. The first-order valence-electron chi connectivity index (χ1n) is 14.6. The fourth-order valence-corrected chi connectivity index (χ4v) is 5.37. The van der Waals surface area contributed by atoms with Crippen molar-refractivity contribution in [3.05, 3.63) is 89.5 Å². The molecule has 9 nitrogen and oxygen atoms in total. The van der Waals surface area contributed by atoms with Gasteiger partial charge in [-0.15, -0.1) is 5.10 Å². The number of fused-ring (bicyclic) bond motifs is 1. The maximum absolute atomic E-state index is 14.2.